The first-order valence-corrected chi connectivity index (χ1v) is 29.5. The molecule has 0 saturated carbocycles. The van der Waals surface area contributed by atoms with Gasteiger partial charge in [0, 0.05) is 79.0 Å². The number of hydrogen-bond acceptors (Lipinski definition) is 10. The number of imide groups is 1. The molecule has 1 aromatic heterocycles. The number of hydrogen-bond donors (Lipinski definition) is 8. The third-order valence-electron chi connectivity index (χ3n) is 15.8. The molecule has 440 valence electrons. The molecule has 0 spiro atoms. The number of nitrogens with two attached hydrogens (primary N) is 1. The molecule has 9 amide bonds. The summed E-state index contributed by atoms with van der Waals surface area (Å²) in [4.78, 5) is 148. The fourth-order valence-corrected chi connectivity index (χ4v) is 11.9. The molecule has 9 rings (SSSR count). The fraction of sp³-hybridized carbons (Fsp3) is 0.383. The van der Waals surface area contributed by atoms with Crippen LogP contribution in [-0.4, -0.2) is 126 Å². The Hall–Kier alpha value is -8.58. The number of nitrogens with one attached hydrogen (secondary N) is 5. The maximum absolute atomic E-state index is 15.0. The van der Waals surface area contributed by atoms with E-state index < -0.39 is 90.5 Å². The normalized spacial score (nSPS) is 19.4. The van der Waals surface area contributed by atoms with Crippen LogP contribution in [0.4, 0.5) is 8.78 Å². The summed E-state index contributed by atoms with van der Waals surface area (Å²) in [5, 5.41) is 10.8. The van der Waals surface area contributed by atoms with Crippen LogP contribution in [0, 0.1) is 11.8 Å². The molecule has 24 heteroatoms. The van der Waals surface area contributed by atoms with E-state index in [1.807, 2.05) is 66.7 Å². The number of halogens is 2. The van der Waals surface area contributed by atoms with Crippen molar-refractivity contribution in [1.82, 2.24) is 41.0 Å². The number of alkyl halides is 2. The van der Waals surface area contributed by atoms with Gasteiger partial charge in [-0.15, -0.1) is 0 Å². The lowest BCUT2D eigenvalue weighted by molar-refractivity contribution is -0.145. The second-order valence-corrected chi connectivity index (χ2v) is 23.1. The van der Waals surface area contributed by atoms with Gasteiger partial charge >= 0.3 is 13.3 Å². The molecule has 21 nitrogen and oxygen atoms in total. The van der Waals surface area contributed by atoms with Crippen LogP contribution in [0.3, 0.4) is 0 Å². The minimum atomic E-state index is -5.93. The Bertz CT molecular complexity index is 3450. The highest BCUT2D eigenvalue weighted by molar-refractivity contribution is 7.52. The number of primary amides is 1. The first kappa shape index (κ1) is 60.0. The van der Waals surface area contributed by atoms with Crippen molar-refractivity contribution in [3.8, 4) is 11.8 Å². The van der Waals surface area contributed by atoms with Crippen molar-refractivity contribution in [3.63, 3.8) is 0 Å². The lowest BCUT2D eigenvalue weighted by Crippen LogP contribution is -2.62. The summed E-state index contributed by atoms with van der Waals surface area (Å²) < 4.78 is 41.1. The van der Waals surface area contributed by atoms with Gasteiger partial charge in [0.1, 0.15) is 29.9 Å². The Labute approximate surface area is 482 Å². The third kappa shape index (κ3) is 13.6. The van der Waals surface area contributed by atoms with Crippen molar-refractivity contribution in [2.75, 3.05) is 13.1 Å². The van der Waals surface area contributed by atoms with Gasteiger partial charge in [-0.2, -0.15) is 8.78 Å². The predicted octanol–water partition coefficient (Wildman–Crippen LogP) is 4.89. The van der Waals surface area contributed by atoms with E-state index in [-0.39, 0.29) is 98.9 Å². The molecule has 5 aromatic rings. The Morgan fingerprint density at radius 3 is 2.23 bits per heavy atom. The number of nitrogens with zero attached hydrogens (tertiary/aromatic N) is 3. The molecule has 5 heterocycles. The van der Waals surface area contributed by atoms with E-state index in [0.29, 0.717) is 43.2 Å². The van der Waals surface area contributed by atoms with Crippen molar-refractivity contribution < 1.29 is 66.3 Å². The van der Waals surface area contributed by atoms with Crippen LogP contribution in [0.15, 0.2) is 103 Å². The molecule has 5 atom stereocenters. The largest absolute Gasteiger partial charge is 0.399 e. The lowest BCUT2D eigenvalue weighted by Gasteiger charge is -2.39. The first-order chi connectivity index (χ1) is 40.2. The van der Waals surface area contributed by atoms with Crippen molar-refractivity contribution in [2.24, 2.45) is 5.73 Å². The molecule has 3 fully saturated rings. The molecular formula is C60H64F2N9O12P. The van der Waals surface area contributed by atoms with Gasteiger partial charge in [-0.25, -0.2) is 0 Å². The maximum Gasteiger partial charge on any atom is 0.399 e. The standard InChI is InChI=1S/C60H64F2N9O12P/c61-60(62,84(81,82)83)40-22-24-44-39(32-40)33-46(64-44)55(76)66-47-35-69(52(74)21-12-4-2-1-3-7-14-36-19-13-20-42-43(36)34-70(58(42)79)48-27-29-51(73)67-56(48)77)31-30-41-23-26-49(71(41)59(47)80)57(78)65-45(25-28-50(63)72)54(75)68-53(37-15-8-5-9-16-37)38-17-10-6-11-18-38/h5-6,8-11,13,15-20,22,24,32-33,41,45,47-49,53,64H,1-4,12,21,23,25-31,34-35H2,(H2,63,72)(H,65,78)(H,66,76)(H,68,75)(H,67,73,77)(H2,81,82,83)/t41-,45?,47+,48?,49+/m1/s1. The van der Waals surface area contributed by atoms with E-state index in [9.17, 15) is 61.5 Å². The predicted molar refractivity (Wildman–Crippen MR) is 301 cm³/mol. The Morgan fingerprint density at radius 1 is 0.821 bits per heavy atom. The van der Waals surface area contributed by atoms with Crippen LogP contribution in [-0.2, 0) is 50.3 Å². The van der Waals surface area contributed by atoms with Gasteiger partial charge in [-0.05, 0) is 92.0 Å². The number of aromatic nitrogens is 1. The quantitative estimate of drug-likeness (QED) is 0.0224. The number of carbonyl (C=O) groups excluding carboxylic acids is 9. The number of rotatable bonds is 20. The molecular weight excluding hydrogens is 1110 g/mol. The van der Waals surface area contributed by atoms with Crippen LogP contribution in [0.1, 0.15) is 138 Å². The third-order valence-corrected chi connectivity index (χ3v) is 16.8. The van der Waals surface area contributed by atoms with E-state index in [1.165, 1.54) is 20.8 Å². The minimum absolute atomic E-state index is 0.000815. The topological polar surface area (TPSA) is 311 Å². The summed E-state index contributed by atoms with van der Waals surface area (Å²) in [7, 11) is -5.93. The van der Waals surface area contributed by atoms with E-state index in [2.05, 4.69) is 38.1 Å². The van der Waals surface area contributed by atoms with Crippen LogP contribution in [0.2, 0.25) is 0 Å². The first-order valence-electron chi connectivity index (χ1n) is 27.9. The molecule has 2 unspecified atom stereocenters. The number of aromatic amines is 1. The summed E-state index contributed by atoms with van der Waals surface area (Å²) in [6.45, 7) is 0.0157. The monoisotopic (exact) mass is 1170 g/mol. The van der Waals surface area contributed by atoms with Gasteiger partial charge in [0.15, 0.2) is 0 Å². The van der Waals surface area contributed by atoms with E-state index >= 15 is 4.79 Å². The molecule has 0 radical (unpaired) electrons. The second-order valence-electron chi connectivity index (χ2n) is 21.5. The summed E-state index contributed by atoms with van der Waals surface area (Å²) in [6, 6.07) is 21.6. The number of amides is 9. The van der Waals surface area contributed by atoms with Crippen molar-refractivity contribution >= 4 is 71.7 Å². The lowest BCUT2D eigenvalue weighted by atomic mass is 9.98. The zero-order valence-corrected chi connectivity index (χ0v) is 46.6. The van der Waals surface area contributed by atoms with Crippen molar-refractivity contribution in [2.45, 2.75) is 132 Å². The van der Waals surface area contributed by atoms with Gasteiger partial charge in [-0.1, -0.05) is 97.5 Å². The van der Waals surface area contributed by atoms with Gasteiger partial charge in [0.05, 0.1) is 6.04 Å². The molecule has 0 aliphatic carbocycles. The summed E-state index contributed by atoms with van der Waals surface area (Å²) >= 11 is 0. The maximum atomic E-state index is 15.0. The summed E-state index contributed by atoms with van der Waals surface area (Å²) in [6.07, 6.45) is 3.86. The van der Waals surface area contributed by atoms with Crippen LogP contribution in [0.25, 0.3) is 10.9 Å². The molecule has 4 aliphatic rings. The zero-order chi connectivity index (χ0) is 59.9. The molecule has 9 N–H and O–H groups in total. The molecule has 84 heavy (non-hydrogen) atoms. The van der Waals surface area contributed by atoms with E-state index in [0.717, 1.165) is 41.3 Å². The summed E-state index contributed by atoms with van der Waals surface area (Å²) in [5.74, 6) is 1.26. The average molecular weight is 1170 g/mol. The van der Waals surface area contributed by atoms with Gasteiger partial charge < -0.3 is 51.2 Å². The number of carbonyl (C=O) groups is 9. The fourth-order valence-electron chi connectivity index (χ4n) is 11.4. The Morgan fingerprint density at radius 2 is 1.54 bits per heavy atom. The number of H-pyrrole nitrogens is 1. The minimum Gasteiger partial charge on any atom is -0.370 e. The summed E-state index contributed by atoms with van der Waals surface area (Å²) in [5.41, 5.74) is 3.30. The number of benzene rings is 4. The SMILES string of the molecule is NC(=O)CCC(NC(=O)[C@@H]1CC[C@@H]2CCN(C(=O)CCCCCCC#Cc3cccc4c3CN(C3CCC(=O)NC3=O)C4=O)C[C@H](NC(=O)c3cc4cc(C(F)(F)P(=O)(O)O)ccc4[nH]3)C(=O)N21)C(=O)NC(c1ccccc1)c1ccccc1. The Kier molecular flexibility index (Phi) is 18.5. The molecule has 4 aromatic carbocycles. The molecule has 0 bridgehead atoms. The Balaban J connectivity index is 0.871. The second kappa shape index (κ2) is 25.9. The zero-order valence-electron chi connectivity index (χ0n) is 45.7. The number of unbranched alkanes of at least 4 members (excludes halogenated alkanes) is 4. The van der Waals surface area contributed by atoms with Gasteiger partial charge in [0.2, 0.25) is 41.4 Å². The number of piperidine rings is 1. The van der Waals surface area contributed by atoms with Crippen LogP contribution < -0.4 is 27.0 Å². The molecule has 4 aliphatic heterocycles. The van der Waals surface area contributed by atoms with E-state index in [1.54, 1.807) is 12.1 Å². The van der Waals surface area contributed by atoms with Gasteiger partial charge in [-0.3, -0.25) is 53.0 Å². The molecule has 3 saturated heterocycles. The van der Waals surface area contributed by atoms with Crippen molar-refractivity contribution in [3.05, 3.63) is 142 Å². The highest BCUT2D eigenvalue weighted by atomic mass is 31.2. The highest BCUT2D eigenvalue weighted by Gasteiger charge is 2.51. The highest BCUT2D eigenvalue weighted by Crippen LogP contribution is 2.59. The number of fused-ring (bicyclic) bond motifs is 3. The van der Waals surface area contributed by atoms with Crippen LogP contribution in [0.5, 0.6) is 0 Å². The van der Waals surface area contributed by atoms with Crippen molar-refractivity contribution in [1.29, 1.82) is 0 Å². The smallest absolute Gasteiger partial charge is 0.370 e. The van der Waals surface area contributed by atoms with Gasteiger partial charge in [0.25, 0.3) is 11.8 Å². The van der Waals surface area contributed by atoms with Crippen LogP contribution >= 0.6 is 7.60 Å². The van der Waals surface area contributed by atoms with E-state index in [4.69, 9.17) is 5.73 Å². The average Bonchev–Trinajstić information content (AvgIpc) is 3.00.